The lowest BCUT2D eigenvalue weighted by Gasteiger charge is -2.23. The van der Waals surface area contributed by atoms with Gasteiger partial charge in [-0.3, -0.25) is 4.55 Å². The van der Waals surface area contributed by atoms with Crippen LogP contribution in [0, 0.1) is 0 Å². The Morgan fingerprint density at radius 1 is 1.17 bits per heavy atom. The molecule has 0 aromatic rings. The lowest BCUT2D eigenvalue weighted by Crippen LogP contribution is -2.21. The fourth-order valence-electron chi connectivity index (χ4n) is 0.489. The second kappa shape index (κ2) is 8.91. The molecular weight excluding hydrogens is 340 g/mol. The van der Waals surface area contributed by atoms with Crippen molar-refractivity contribution in [3.8, 4) is 0 Å². The minimum Gasteiger partial charge on any atom is -0.279 e. The van der Waals surface area contributed by atoms with Gasteiger partial charge >= 0.3 is 15.6 Å². The zero-order valence-corrected chi connectivity index (χ0v) is 14.0. The molecule has 2 unspecified atom stereocenters. The van der Waals surface area contributed by atoms with Gasteiger partial charge in [0.25, 0.3) is 8.54 Å². The van der Waals surface area contributed by atoms with Gasteiger partial charge < -0.3 is 0 Å². The smallest absolute Gasteiger partial charge is 0.279 e. The largest absolute Gasteiger partial charge is 0.522 e. The molecule has 114 valence electrons. The molecule has 0 aromatic carbocycles. The molecule has 0 aromatic heterocycles. The molecule has 0 saturated heterocycles. The maximum Gasteiger partial charge on any atom is 0.522 e. The van der Waals surface area contributed by atoms with Crippen molar-refractivity contribution in [2.45, 2.75) is 37.1 Å². The first-order chi connectivity index (χ1) is 7.31. The maximum atomic E-state index is 12.1. The van der Waals surface area contributed by atoms with E-state index in [0.29, 0.717) is 12.8 Å². The van der Waals surface area contributed by atoms with Crippen molar-refractivity contribution in [1.29, 1.82) is 0 Å². The summed E-state index contributed by atoms with van der Waals surface area (Å²) in [5.41, 5.74) is -5.53. The van der Waals surface area contributed by atoms with Crippen molar-refractivity contribution in [1.82, 2.24) is 0 Å². The molecule has 12 heteroatoms. The summed E-state index contributed by atoms with van der Waals surface area (Å²) in [7, 11) is -6.36. The molecule has 18 heavy (non-hydrogen) atoms. The number of rotatable bonds is 3. The van der Waals surface area contributed by atoms with Gasteiger partial charge in [0.2, 0.25) is 0 Å². The summed E-state index contributed by atoms with van der Waals surface area (Å²) >= 11 is 0. The van der Waals surface area contributed by atoms with Crippen LogP contribution in [0.4, 0.5) is 21.6 Å². The monoisotopic (exact) mass is 356 g/mol. The first kappa shape index (κ1) is 23.9. The third-order valence-electron chi connectivity index (χ3n) is 1.85. The van der Waals surface area contributed by atoms with Gasteiger partial charge in [0, 0.05) is 0 Å². The summed E-state index contributed by atoms with van der Waals surface area (Å²) in [4.78, 5) is -0.769. The SMILES string of the molecule is CCC(P)(CC)P(F)F.O=S(=O)(O)C(F)(F)F.P. The molecule has 0 spiro atoms. The van der Waals surface area contributed by atoms with Gasteiger partial charge in [-0.25, -0.2) is 0 Å². The first-order valence-electron chi connectivity index (χ1n) is 4.26. The van der Waals surface area contributed by atoms with Gasteiger partial charge in [0.15, 0.2) is 0 Å². The Hall–Kier alpha value is 0.850. The predicted molar refractivity (Wildman–Crippen MR) is 70.9 cm³/mol. The zero-order chi connectivity index (χ0) is 14.5. The molecule has 0 fully saturated rings. The lowest BCUT2D eigenvalue weighted by molar-refractivity contribution is -0.0510. The lowest BCUT2D eigenvalue weighted by atomic mass is 10.2. The Bertz CT molecular complexity index is 315. The summed E-state index contributed by atoms with van der Waals surface area (Å²) in [5.74, 6) is 0. The second-order valence-corrected chi connectivity index (χ2v) is 7.33. The summed E-state index contributed by atoms with van der Waals surface area (Å²) in [6.45, 7) is 3.59. The molecule has 0 saturated carbocycles. The minimum atomic E-state index is -5.84. The number of alkyl halides is 3. The van der Waals surface area contributed by atoms with Gasteiger partial charge in [-0.05, 0) is 12.8 Å². The maximum absolute atomic E-state index is 12.1. The van der Waals surface area contributed by atoms with E-state index < -0.39 is 29.1 Å². The molecular formula is C6H16F5O3P3S. The van der Waals surface area contributed by atoms with E-state index in [1.165, 1.54) is 0 Å². The minimum absolute atomic E-state index is 0. The van der Waals surface area contributed by atoms with Crippen LogP contribution in [-0.2, 0) is 10.1 Å². The van der Waals surface area contributed by atoms with Crippen LogP contribution in [0.3, 0.4) is 0 Å². The van der Waals surface area contributed by atoms with Gasteiger partial charge in [0.1, 0.15) is 0 Å². The molecule has 0 bridgehead atoms. The van der Waals surface area contributed by atoms with E-state index in [1.807, 2.05) is 0 Å². The normalized spacial score (nSPS) is 12.6. The topological polar surface area (TPSA) is 54.4 Å². The molecule has 1 N–H and O–H groups in total. The van der Waals surface area contributed by atoms with E-state index in [-0.39, 0.29) is 9.90 Å². The van der Waals surface area contributed by atoms with Crippen LogP contribution >= 0.6 is 27.7 Å². The van der Waals surface area contributed by atoms with Gasteiger partial charge in [-0.2, -0.15) is 39.9 Å². The molecule has 0 heterocycles. The molecule has 0 radical (unpaired) electrons. The standard InChI is InChI=1S/C5H12F2P2.CHF3O3S.H3P/c1-3-5(8,4-2)9(6)7;2-1(3,4)8(5,6)7;/h3-4,8H2,1-2H3;(H,5,6,7);1H3. The molecule has 0 aliphatic heterocycles. The average Bonchev–Trinajstić information content (AvgIpc) is 2.14. The quantitative estimate of drug-likeness (QED) is 0.359. The van der Waals surface area contributed by atoms with E-state index in [9.17, 15) is 21.6 Å². The molecule has 0 rings (SSSR count). The second-order valence-electron chi connectivity index (χ2n) is 2.96. The van der Waals surface area contributed by atoms with Crippen molar-refractivity contribution in [3.05, 3.63) is 0 Å². The Labute approximate surface area is 110 Å². The summed E-state index contributed by atoms with van der Waals surface area (Å²) < 4.78 is 81.8. The summed E-state index contributed by atoms with van der Waals surface area (Å²) in [6.07, 6.45) is 1.10. The molecule has 0 aliphatic carbocycles. The fourth-order valence-corrected chi connectivity index (χ4v) is 0.967. The van der Waals surface area contributed by atoms with Gasteiger partial charge in [-0.15, -0.1) is 9.24 Å². The van der Waals surface area contributed by atoms with Crippen molar-refractivity contribution in [2.24, 2.45) is 0 Å². The molecule has 0 amide bonds. The van der Waals surface area contributed by atoms with Crippen molar-refractivity contribution >= 4 is 37.8 Å². The first-order valence-corrected chi connectivity index (χ1v) is 7.40. The highest BCUT2D eigenvalue weighted by Gasteiger charge is 2.44. The third-order valence-corrected chi connectivity index (χ3v) is 5.15. The Morgan fingerprint density at radius 2 is 1.39 bits per heavy atom. The summed E-state index contributed by atoms with van der Waals surface area (Å²) in [5, 5.41) is 0. The van der Waals surface area contributed by atoms with Gasteiger partial charge in [0.05, 0.1) is 4.90 Å². The van der Waals surface area contributed by atoms with Crippen LogP contribution in [0.1, 0.15) is 26.7 Å². The van der Waals surface area contributed by atoms with Gasteiger partial charge in [-0.1, -0.05) is 13.8 Å². The van der Waals surface area contributed by atoms with Crippen molar-refractivity contribution in [3.63, 3.8) is 0 Å². The van der Waals surface area contributed by atoms with E-state index in [1.54, 1.807) is 13.8 Å². The summed E-state index contributed by atoms with van der Waals surface area (Å²) in [6, 6.07) is 0. The average molecular weight is 356 g/mol. The van der Waals surface area contributed by atoms with E-state index in [2.05, 4.69) is 9.24 Å². The number of hydrogen-bond acceptors (Lipinski definition) is 2. The van der Waals surface area contributed by atoms with E-state index >= 15 is 0 Å². The van der Waals surface area contributed by atoms with Crippen LogP contribution in [0.25, 0.3) is 0 Å². The van der Waals surface area contributed by atoms with Crippen LogP contribution < -0.4 is 0 Å². The Balaban J connectivity index is -0.000000238. The van der Waals surface area contributed by atoms with Crippen molar-refractivity contribution in [2.75, 3.05) is 0 Å². The van der Waals surface area contributed by atoms with Crippen LogP contribution in [0.5, 0.6) is 0 Å². The number of hydrogen-bond donors (Lipinski definition) is 1. The Kier molecular flexibility index (Phi) is 11.8. The molecule has 0 aliphatic rings. The van der Waals surface area contributed by atoms with Crippen molar-refractivity contribution < 1.29 is 34.5 Å². The van der Waals surface area contributed by atoms with Crippen LogP contribution in [0.15, 0.2) is 0 Å². The third kappa shape index (κ3) is 8.87. The molecule has 2 atom stereocenters. The zero-order valence-electron chi connectivity index (χ0n) is 9.71. The number of halogens is 5. The van der Waals surface area contributed by atoms with Crippen LogP contribution in [-0.4, -0.2) is 23.4 Å². The van der Waals surface area contributed by atoms with E-state index in [0.717, 1.165) is 0 Å². The van der Waals surface area contributed by atoms with Crippen LogP contribution in [0.2, 0.25) is 0 Å². The highest BCUT2D eigenvalue weighted by Crippen LogP contribution is 2.59. The molecule has 3 nitrogen and oxygen atoms in total. The Morgan fingerprint density at radius 3 is 1.39 bits per heavy atom. The predicted octanol–water partition coefficient (Wildman–Crippen LogP) is 4.08. The fraction of sp³-hybridized carbons (Fsp3) is 1.00. The highest BCUT2D eigenvalue weighted by molar-refractivity contribution is 7.86. The van der Waals surface area contributed by atoms with E-state index in [4.69, 9.17) is 13.0 Å². The highest BCUT2D eigenvalue weighted by atomic mass is 32.2.